The summed E-state index contributed by atoms with van der Waals surface area (Å²) in [4.78, 5) is 48.8. The molecule has 10 heteroatoms. The number of aliphatic hydroxyl groups excluding tert-OH is 1. The smallest absolute Gasteiger partial charge is 0.350 e. The number of aromatic nitrogens is 2. The van der Waals surface area contributed by atoms with Crippen LogP contribution in [0.3, 0.4) is 0 Å². The SMILES string of the molecule is C=CCOc1cccc(C2/C(=C(\O)c3ccncc3)C(=O)C(=O)N2c2nc(C)c(C(=O)OCC)s2)c1. The Bertz CT molecular complexity index is 1370. The Labute approximate surface area is 211 Å². The van der Waals surface area contributed by atoms with Crippen molar-refractivity contribution in [3.8, 4) is 5.75 Å². The molecule has 1 amide bonds. The maximum Gasteiger partial charge on any atom is 0.350 e. The van der Waals surface area contributed by atoms with Crippen molar-refractivity contribution in [3.63, 3.8) is 0 Å². The molecule has 0 radical (unpaired) electrons. The van der Waals surface area contributed by atoms with Crippen LogP contribution >= 0.6 is 11.3 Å². The Hall–Kier alpha value is -4.31. The summed E-state index contributed by atoms with van der Waals surface area (Å²) in [6.07, 6.45) is 4.54. The van der Waals surface area contributed by atoms with E-state index in [1.54, 1.807) is 44.2 Å². The van der Waals surface area contributed by atoms with E-state index in [1.807, 2.05) is 0 Å². The average molecular weight is 506 g/mol. The van der Waals surface area contributed by atoms with Crippen LogP contribution in [0.2, 0.25) is 0 Å². The van der Waals surface area contributed by atoms with Crippen molar-refractivity contribution in [1.29, 1.82) is 0 Å². The lowest BCUT2D eigenvalue weighted by molar-refractivity contribution is -0.132. The Kier molecular flexibility index (Phi) is 7.25. The summed E-state index contributed by atoms with van der Waals surface area (Å²) in [5.74, 6) is -2.18. The molecule has 1 aliphatic rings. The first-order valence-corrected chi connectivity index (χ1v) is 11.9. The number of benzene rings is 1. The molecule has 0 aliphatic carbocycles. The number of Topliss-reactive ketones (excluding diaryl/α,β-unsaturated/α-hetero) is 1. The summed E-state index contributed by atoms with van der Waals surface area (Å²) in [5.41, 5.74) is 1.09. The van der Waals surface area contributed by atoms with E-state index in [-0.39, 0.29) is 34.6 Å². The summed E-state index contributed by atoms with van der Waals surface area (Å²) >= 11 is 0.945. The van der Waals surface area contributed by atoms with Crippen LogP contribution in [0.4, 0.5) is 5.13 Å². The summed E-state index contributed by atoms with van der Waals surface area (Å²) in [5, 5.41) is 11.3. The summed E-state index contributed by atoms with van der Waals surface area (Å²) in [6.45, 7) is 7.39. The third kappa shape index (κ3) is 4.63. The van der Waals surface area contributed by atoms with Crippen LogP contribution < -0.4 is 9.64 Å². The minimum atomic E-state index is -1.02. The van der Waals surface area contributed by atoms with Crippen molar-refractivity contribution in [3.05, 3.63) is 88.7 Å². The fourth-order valence-electron chi connectivity index (χ4n) is 3.81. The number of thiazole rings is 1. The lowest BCUT2D eigenvalue weighted by Gasteiger charge is -2.23. The normalized spacial score (nSPS) is 16.7. The van der Waals surface area contributed by atoms with Gasteiger partial charge in [0.2, 0.25) is 0 Å². The highest BCUT2D eigenvalue weighted by atomic mass is 32.1. The lowest BCUT2D eigenvalue weighted by atomic mass is 9.95. The van der Waals surface area contributed by atoms with Gasteiger partial charge in [-0.15, -0.1) is 0 Å². The van der Waals surface area contributed by atoms with Crippen LogP contribution in [0, 0.1) is 6.92 Å². The molecule has 9 nitrogen and oxygen atoms in total. The van der Waals surface area contributed by atoms with Crippen LogP contribution in [-0.2, 0) is 14.3 Å². The second kappa shape index (κ2) is 10.5. The van der Waals surface area contributed by atoms with Crippen molar-refractivity contribution in [2.24, 2.45) is 0 Å². The second-order valence-corrected chi connectivity index (χ2v) is 8.69. The van der Waals surface area contributed by atoms with Crippen LogP contribution in [0.15, 0.2) is 67.0 Å². The fraction of sp³-hybridized carbons (Fsp3) is 0.192. The van der Waals surface area contributed by atoms with Gasteiger partial charge in [0.25, 0.3) is 5.78 Å². The van der Waals surface area contributed by atoms with Gasteiger partial charge in [-0.3, -0.25) is 19.5 Å². The molecule has 0 spiro atoms. The van der Waals surface area contributed by atoms with Crippen molar-refractivity contribution in [1.82, 2.24) is 9.97 Å². The van der Waals surface area contributed by atoms with Crippen molar-refractivity contribution in [2.75, 3.05) is 18.1 Å². The minimum Gasteiger partial charge on any atom is -0.507 e. The molecular weight excluding hydrogens is 482 g/mol. The van der Waals surface area contributed by atoms with E-state index in [1.165, 1.54) is 29.4 Å². The number of ketones is 1. The fourth-order valence-corrected chi connectivity index (χ4v) is 4.80. The number of carbonyl (C=O) groups is 3. The summed E-state index contributed by atoms with van der Waals surface area (Å²) in [7, 11) is 0. The Balaban J connectivity index is 1.90. The van der Waals surface area contributed by atoms with Gasteiger partial charge in [0.05, 0.1) is 23.9 Å². The predicted molar refractivity (Wildman–Crippen MR) is 134 cm³/mol. The number of nitrogens with zero attached hydrogens (tertiary/aromatic N) is 3. The Morgan fingerprint density at radius 2 is 2.00 bits per heavy atom. The predicted octanol–water partition coefficient (Wildman–Crippen LogP) is 4.21. The highest BCUT2D eigenvalue weighted by Crippen LogP contribution is 2.44. The van der Waals surface area contributed by atoms with Crippen LogP contribution in [0.25, 0.3) is 5.76 Å². The molecule has 1 unspecified atom stereocenters. The first kappa shape index (κ1) is 24.8. The van der Waals surface area contributed by atoms with Crippen molar-refractivity contribution >= 4 is 39.9 Å². The number of rotatable bonds is 8. The molecule has 1 aliphatic heterocycles. The molecule has 3 aromatic rings. The van der Waals surface area contributed by atoms with Gasteiger partial charge in [-0.2, -0.15) is 0 Å². The average Bonchev–Trinajstić information content (AvgIpc) is 3.40. The third-order valence-electron chi connectivity index (χ3n) is 5.39. The first-order chi connectivity index (χ1) is 17.4. The van der Waals surface area contributed by atoms with E-state index in [2.05, 4.69) is 16.5 Å². The molecule has 0 bridgehead atoms. The van der Waals surface area contributed by atoms with Gasteiger partial charge < -0.3 is 14.6 Å². The topological polar surface area (TPSA) is 119 Å². The molecule has 0 saturated carbocycles. The number of aryl methyl sites for hydroxylation is 1. The number of hydrogen-bond acceptors (Lipinski definition) is 9. The monoisotopic (exact) mass is 505 g/mol. The van der Waals surface area contributed by atoms with Crippen LogP contribution in [-0.4, -0.2) is 45.9 Å². The number of ether oxygens (including phenoxy) is 2. The quantitative estimate of drug-likeness (QED) is 0.159. The number of anilines is 1. The van der Waals surface area contributed by atoms with Gasteiger partial charge in [0.15, 0.2) is 5.13 Å². The largest absolute Gasteiger partial charge is 0.507 e. The number of esters is 1. The van der Waals surface area contributed by atoms with E-state index in [9.17, 15) is 19.5 Å². The van der Waals surface area contributed by atoms with Gasteiger partial charge in [0.1, 0.15) is 23.0 Å². The van der Waals surface area contributed by atoms with Gasteiger partial charge in [-0.05, 0) is 43.7 Å². The Morgan fingerprint density at radius 1 is 1.25 bits per heavy atom. The number of hydrogen-bond donors (Lipinski definition) is 1. The number of carbonyl (C=O) groups excluding carboxylic acids is 3. The van der Waals surface area contributed by atoms with Gasteiger partial charge in [0, 0.05) is 18.0 Å². The summed E-state index contributed by atoms with van der Waals surface area (Å²) < 4.78 is 10.7. The van der Waals surface area contributed by atoms with Gasteiger partial charge in [-0.25, -0.2) is 9.78 Å². The maximum atomic E-state index is 13.3. The van der Waals surface area contributed by atoms with Gasteiger partial charge in [-0.1, -0.05) is 36.1 Å². The highest BCUT2D eigenvalue weighted by molar-refractivity contribution is 7.17. The summed E-state index contributed by atoms with van der Waals surface area (Å²) in [6, 6.07) is 8.90. The first-order valence-electron chi connectivity index (χ1n) is 11.1. The molecule has 4 rings (SSSR count). The lowest BCUT2D eigenvalue weighted by Crippen LogP contribution is -2.29. The van der Waals surface area contributed by atoms with Crippen LogP contribution in [0.5, 0.6) is 5.75 Å². The molecule has 1 fully saturated rings. The van der Waals surface area contributed by atoms with E-state index in [0.29, 0.717) is 22.6 Å². The van der Waals surface area contributed by atoms with E-state index in [0.717, 1.165) is 11.3 Å². The third-order valence-corrected chi connectivity index (χ3v) is 6.53. The zero-order valence-electron chi connectivity index (χ0n) is 19.6. The molecule has 3 heterocycles. The second-order valence-electron chi connectivity index (χ2n) is 7.71. The molecule has 36 heavy (non-hydrogen) atoms. The van der Waals surface area contributed by atoms with Crippen LogP contribution in [0.1, 0.15) is 39.5 Å². The van der Waals surface area contributed by atoms with E-state index >= 15 is 0 Å². The maximum absolute atomic E-state index is 13.3. The zero-order valence-corrected chi connectivity index (χ0v) is 20.4. The molecule has 184 valence electrons. The van der Waals surface area contributed by atoms with Crippen molar-refractivity contribution < 1.29 is 29.0 Å². The molecule has 1 aromatic carbocycles. The van der Waals surface area contributed by atoms with Crippen molar-refractivity contribution in [2.45, 2.75) is 19.9 Å². The standard InChI is InChI=1S/C26H23N3O6S/c1-4-13-35-18-8-6-7-17(14-18)20-19(21(30)16-9-11-27-12-10-16)22(31)24(32)29(20)26-28-15(3)23(36-26)25(33)34-5-2/h4,6-12,14,20,30H,1,5,13H2,2-3H3/b21-19+. The molecular formula is C26H23N3O6S. The molecule has 1 saturated heterocycles. The van der Waals surface area contributed by atoms with E-state index in [4.69, 9.17) is 9.47 Å². The Morgan fingerprint density at radius 3 is 2.69 bits per heavy atom. The molecule has 2 aromatic heterocycles. The van der Waals surface area contributed by atoms with E-state index < -0.39 is 23.7 Å². The number of aliphatic hydroxyl groups is 1. The molecule has 1 N–H and O–H groups in total. The van der Waals surface area contributed by atoms with Gasteiger partial charge >= 0.3 is 11.9 Å². The minimum absolute atomic E-state index is 0.113. The number of amides is 1. The number of pyridine rings is 1. The molecule has 1 atom stereocenters. The highest BCUT2D eigenvalue weighted by Gasteiger charge is 2.48. The zero-order chi connectivity index (χ0) is 25.8.